The number of halogens is 1. The molecule has 1 aliphatic heterocycles. The average molecular weight is 408 g/mol. The number of rotatable bonds is 5. The molecule has 1 saturated heterocycles. The Balaban J connectivity index is 1.48. The highest BCUT2D eigenvalue weighted by molar-refractivity contribution is 6.30. The maximum atomic E-state index is 12.7. The first-order chi connectivity index (χ1) is 14.2. The van der Waals surface area contributed by atoms with Crippen molar-refractivity contribution in [2.45, 2.75) is 18.8 Å². The smallest absolute Gasteiger partial charge is 0.260 e. The highest BCUT2D eigenvalue weighted by Gasteiger charge is 2.28. The molecule has 0 spiro atoms. The van der Waals surface area contributed by atoms with Crippen LogP contribution < -0.4 is 4.74 Å². The van der Waals surface area contributed by atoms with Crippen molar-refractivity contribution in [2.24, 2.45) is 0 Å². The van der Waals surface area contributed by atoms with Crippen LogP contribution in [0.15, 0.2) is 67.0 Å². The maximum absolute atomic E-state index is 12.7. The van der Waals surface area contributed by atoms with E-state index in [-0.39, 0.29) is 18.4 Å². The van der Waals surface area contributed by atoms with E-state index in [1.807, 2.05) is 59.5 Å². The van der Waals surface area contributed by atoms with Gasteiger partial charge in [-0.2, -0.15) is 0 Å². The summed E-state index contributed by atoms with van der Waals surface area (Å²) in [6.07, 6.45) is 5.30. The van der Waals surface area contributed by atoms with Gasteiger partial charge in [-0.1, -0.05) is 41.9 Å². The summed E-state index contributed by atoms with van der Waals surface area (Å²) in [7, 11) is 0. The number of amides is 1. The van der Waals surface area contributed by atoms with E-state index in [1.165, 1.54) is 0 Å². The van der Waals surface area contributed by atoms with Crippen LogP contribution in [0.5, 0.6) is 5.75 Å². The van der Waals surface area contributed by atoms with Gasteiger partial charge >= 0.3 is 0 Å². The van der Waals surface area contributed by atoms with Crippen LogP contribution in [0, 0.1) is 0 Å². The molecule has 3 aromatic rings. The lowest BCUT2D eigenvalue weighted by molar-refractivity contribution is -0.134. The number of benzene rings is 2. The molecule has 29 heavy (non-hydrogen) atoms. The average Bonchev–Trinajstić information content (AvgIpc) is 2.78. The van der Waals surface area contributed by atoms with Crippen LogP contribution in [0.3, 0.4) is 0 Å². The first kappa shape index (κ1) is 19.4. The Morgan fingerprint density at radius 3 is 2.76 bits per heavy atom. The number of hydrogen-bond acceptors (Lipinski definition) is 4. The van der Waals surface area contributed by atoms with Gasteiger partial charge in [0.1, 0.15) is 5.75 Å². The normalized spacial score (nSPS) is 16.4. The van der Waals surface area contributed by atoms with Crippen LogP contribution in [0.2, 0.25) is 5.02 Å². The molecular weight excluding hydrogens is 386 g/mol. The van der Waals surface area contributed by atoms with Crippen molar-refractivity contribution in [1.29, 1.82) is 0 Å². The maximum Gasteiger partial charge on any atom is 0.260 e. The number of para-hydroxylation sites is 1. The van der Waals surface area contributed by atoms with Gasteiger partial charge in [0.05, 0.1) is 11.4 Å². The molecule has 0 radical (unpaired) electrons. The summed E-state index contributed by atoms with van der Waals surface area (Å²) in [6, 6.07) is 17.0. The Labute approximate surface area is 175 Å². The largest absolute Gasteiger partial charge is 0.484 e. The number of carbonyl (C=O) groups is 1. The molecule has 2 aromatic carbocycles. The van der Waals surface area contributed by atoms with E-state index in [4.69, 9.17) is 16.3 Å². The minimum absolute atomic E-state index is 0.00764. The molecule has 1 atom stereocenters. The van der Waals surface area contributed by atoms with Gasteiger partial charge in [-0.25, -0.2) is 0 Å². The second-order valence-corrected chi connectivity index (χ2v) is 7.52. The van der Waals surface area contributed by atoms with Crippen molar-refractivity contribution in [3.8, 4) is 17.0 Å². The fourth-order valence-electron chi connectivity index (χ4n) is 3.69. The predicted octanol–water partition coefficient (Wildman–Crippen LogP) is 4.58. The molecule has 6 heteroatoms. The summed E-state index contributed by atoms with van der Waals surface area (Å²) in [5, 5.41) is 0.664. The van der Waals surface area contributed by atoms with Crippen molar-refractivity contribution < 1.29 is 9.53 Å². The second kappa shape index (κ2) is 9.05. The fraction of sp³-hybridized carbons (Fsp3) is 0.261. The van der Waals surface area contributed by atoms with Crippen molar-refractivity contribution in [1.82, 2.24) is 14.9 Å². The van der Waals surface area contributed by atoms with Gasteiger partial charge in [0, 0.05) is 42.0 Å². The SMILES string of the molecule is O=C(COc1ccccc1)N1CCC[C@@H](c2nccnc2-c2cccc(Cl)c2)C1. The van der Waals surface area contributed by atoms with Gasteiger partial charge in [0.15, 0.2) is 6.61 Å². The third kappa shape index (κ3) is 4.74. The molecule has 0 bridgehead atoms. The van der Waals surface area contributed by atoms with Crippen LogP contribution in [0.25, 0.3) is 11.3 Å². The third-order valence-electron chi connectivity index (χ3n) is 5.09. The van der Waals surface area contributed by atoms with E-state index in [0.717, 1.165) is 36.3 Å². The monoisotopic (exact) mass is 407 g/mol. The molecule has 1 aliphatic rings. The van der Waals surface area contributed by atoms with Gasteiger partial charge < -0.3 is 9.64 Å². The number of nitrogens with zero attached hydrogens (tertiary/aromatic N) is 3. The molecule has 0 unspecified atom stereocenters. The summed E-state index contributed by atoms with van der Waals surface area (Å²) >= 11 is 6.17. The summed E-state index contributed by atoms with van der Waals surface area (Å²) in [5.74, 6) is 0.824. The van der Waals surface area contributed by atoms with E-state index in [9.17, 15) is 4.79 Å². The van der Waals surface area contributed by atoms with Crippen LogP contribution in [-0.4, -0.2) is 40.5 Å². The van der Waals surface area contributed by atoms with Gasteiger partial charge in [-0.15, -0.1) is 0 Å². The summed E-state index contributed by atoms with van der Waals surface area (Å²) in [6.45, 7) is 1.39. The second-order valence-electron chi connectivity index (χ2n) is 7.08. The standard InChI is InChI=1S/C23H22ClN3O2/c24-19-8-4-6-17(14-19)22-23(26-12-11-25-22)18-7-5-13-27(15-18)21(28)16-29-20-9-2-1-3-10-20/h1-4,6,8-12,14,18H,5,7,13,15-16H2/t18-/m1/s1. The minimum atomic E-state index is -0.00764. The summed E-state index contributed by atoms with van der Waals surface area (Å²) in [5.41, 5.74) is 2.68. The summed E-state index contributed by atoms with van der Waals surface area (Å²) in [4.78, 5) is 23.7. The molecule has 0 aliphatic carbocycles. The molecular formula is C23H22ClN3O2. The van der Waals surface area contributed by atoms with Crippen molar-refractivity contribution in [2.75, 3.05) is 19.7 Å². The molecule has 148 valence electrons. The van der Waals surface area contributed by atoms with Gasteiger partial charge in [0.25, 0.3) is 5.91 Å². The molecule has 4 rings (SSSR count). The molecule has 1 fully saturated rings. The number of ether oxygens (including phenoxy) is 1. The van der Waals surface area contributed by atoms with E-state index >= 15 is 0 Å². The van der Waals surface area contributed by atoms with E-state index in [0.29, 0.717) is 17.3 Å². The Morgan fingerprint density at radius 1 is 1.10 bits per heavy atom. The molecule has 1 amide bonds. The minimum Gasteiger partial charge on any atom is -0.484 e. The molecule has 5 nitrogen and oxygen atoms in total. The van der Waals surface area contributed by atoms with Gasteiger partial charge in [-0.3, -0.25) is 14.8 Å². The molecule has 0 N–H and O–H groups in total. The third-order valence-corrected chi connectivity index (χ3v) is 5.33. The molecule has 0 saturated carbocycles. The van der Waals surface area contributed by atoms with Crippen LogP contribution >= 0.6 is 11.6 Å². The lowest BCUT2D eigenvalue weighted by Crippen LogP contribution is -2.41. The molecule has 1 aromatic heterocycles. The van der Waals surface area contributed by atoms with Gasteiger partial charge in [-0.05, 0) is 37.1 Å². The first-order valence-electron chi connectivity index (χ1n) is 9.73. The van der Waals surface area contributed by atoms with Gasteiger partial charge in [0.2, 0.25) is 0 Å². The van der Waals surface area contributed by atoms with E-state index < -0.39 is 0 Å². The highest BCUT2D eigenvalue weighted by atomic mass is 35.5. The molecule has 2 heterocycles. The van der Waals surface area contributed by atoms with Crippen molar-refractivity contribution >= 4 is 17.5 Å². The van der Waals surface area contributed by atoms with E-state index in [1.54, 1.807) is 12.4 Å². The zero-order valence-corrected chi connectivity index (χ0v) is 16.8. The fourth-order valence-corrected chi connectivity index (χ4v) is 3.88. The lowest BCUT2D eigenvalue weighted by Gasteiger charge is -2.33. The lowest BCUT2D eigenvalue weighted by atomic mass is 9.91. The Hall–Kier alpha value is -2.92. The topological polar surface area (TPSA) is 55.3 Å². The zero-order valence-electron chi connectivity index (χ0n) is 16.0. The zero-order chi connectivity index (χ0) is 20.1. The Morgan fingerprint density at radius 2 is 1.93 bits per heavy atom. The number of aromatic nitrogens is 2. The quantitative estimate of drug-likeness (QED) is 0.621. The number of hydrogen-bond donors (Lipinski definition) is 0. The summed E-state index contributed by atoms with van der Waals surface area (Å²) < 4.78 is 5.63. The van der Waals surface area contributed by atoms with E-state index in [2.05, 4.69) is 9.97 Å². The van der Waals surface area contributed by atoms with Crippen LogP contribution in [-0.2, 0) is 4.79 Å². The first-order valence-corrected chi connectivity index (χ1v) is 10.1. The van der Waals surface area contributed by atoms with Crippen molar-refractivity contribution in [3.63, 3.8) is 0 Å². The Bertz CT molecular complexity index is 981. The Kier molecular flexibility index (Phi) is 6.06. The predicted molar refractivity (Wildman–Crippen MR) is 113 cm³/mol. The van der Waals surface area contributed by atoms with Crippen molar-refractivity contribution in [3.05, 3.63) is 77.7 Å². The van der Waals surface area contributed by atoms with Crippen LogP contribution in [0.1, 0.15) is 24.5 Å². The van der Waals surface area contributed by atoms with Crippen LogP contribution in [0.4, 0.5) is 0 Å². The highest BCUT2D eigenvalue weighted by Crippen LogP contribution is 2.32. The number of piperidine rings is 1. The number of likely N-dealkylation sites (tertiary alicyclic amines) is 1. The number of carbonyl (C=O) groups excluding carboxylic acids is 1.